The van der Waals surface area contributed by atoms with Gasteiger partial charge in [0.1, 0.15) is 5.82 Å². The molecule has 0 unspecified atom stereocenters. The lowest BCUT2D eigenvalue weighted by atomic mass is 10.1. The summed E-state index contributed by atoms with van der Waals surface area (Å²) in [6, 6.07) is 9.71. The van der Waals surface area contributed by atoms with E-state index in [1.165, 1.54) is 0 Å². The van der Waals surface area contributed by atoms with E-state index in [1.807, 2.05) is 43.5 Å². The minimum absolute atomic E-state index is 0.741. The van der Waals surface area contributed by atoms with Gasteiger partial charge in [-0.3, -0.25) is 0 Å². The van der Waals surface area contributed by atoms with E-state index in [0.717, 1.165) is 40.6 Å². The molecule has 2 heterocycles. The SMILES string of the molecule is CCc1cc(-n2cc(-c3ccccc3N)cn2)nc(C)n1. The summed E-state index contributed by atoms with van der Waals surface area (Å²) in [5, 5.41) is 4.39. The van der Waals surface area contributed by atoms with E-state index in [0.29, 0.717) is 0 Å². The Morgan fingerprint density at radius 1 is 1.19 bits per heavy atom. The molecule has 0 saturated heterocycles. The fourth-order valence-electron chi connectivity index (χ4n) is 2.26. The zero-order valence-electron chi connectivity index (χ0n) is 12.1. The Bertz CT molecular complexity index is 776. The molecule has 0 bridgehead atoms. The van der Waals surface area contributed by atoms with Gasteiger partial charge < -0.3 is 5.73 Å². The highest BCUT2D eigenvalue weighted by molar-refractivity contribution is 5.75. The molecule has 2 aromatic heterocycles. The average molecular weight is 279 g/mol. The van der Waals surface area contributed by atoms with Crippen LogP contribution in [0.1, 0.15) is 18.4 Å². The maximum atomic E-state index is 6.01. The molecule has 0 atom stereocenters. The standard InChI is InChI=1S/C16H17N5/c1-3-13-8-16(20-11(2)19-13)21-10-12(9-18-21)14-6-4-5-7-15(14)17/h4-10H,3,17H2,1-2H3. The van der Waals surface area contributed by atoms with Crippen LogP contribution in [0.25, 0.3) is 16.9 Å². The molecule has 0 saturated carbocycles. The van der Waals surface area contributed by atoms with Crippen LogP contribution in [-0.4, -0.2) is 19.7 Å². The number of hydrogen-bond donors (Lipinski definition) is 1. The fourth-order valence-corrected chi connectivity index (χ4v) is 2.26. The number of rotatable bonds is 3. The number of hydrogen-bond acceptors (Lipinski definition) is 4. The molecule has 0 aliphatic heterocycles. The third-order valence-electron chi connectivity index (χ3n) is 3.33. The number of aryl methyl sites for hydroxylation is 2. The van der Waals surface area contributed by atoms with Gasteiger partial charge in [0, 0.05) is 34.8 Å². The van der Waals surface area contributed by atoms with Gasteiger partial charge in [0.25, 0.3) is 0 Å². The Morgan fingerprint density at radius 3 is 2.76 bits per heavy atom. The highest BCUT2D eigenvalue weighted by Gasteiger charge is 2.08. The summed E-state index contributed by atoms with van der Waals surface area (Å²) in [5.41, 5.74) is 9.71. The van der Waals surface area contributed by atoms with Crippen molar-refractivity contribution < 1.29 is 0 Å². The Kier molecular flexibility index (Phi) is 3.39. The summed E-state index contributed by atoms with van der Waals surface area (Å²) >= 11 is 0. The highest BCUT2D eigenvalue weighted by Crippen LogP contribution is 2.25. The van der Waals surface area contributed by atoms with E-state index in [4.69, 9.17) is 5.73 Å². The number of nitrogens with two attached hydrogens (primary N) is 1. The molecular formula is C16H17N5. The van der Waals surface area contributed by atoms with E-state index in [9.17, 15) is 0 Å². The molecule has 0 aliphatic rings. The molecule has 3 aromatic rings. The summed E-state index contributed by atoms with van der Waals surface area (Å²) in [6.45, 7) is 3.97. The molecule has 106 valence electrons. The second-order valence-electron chi connectivity index (χ2n) is 4.88. The van der Waals surface area contributed by atoms with E-state index in [-0.39, 0.29) is 0 Å². The minimum Gasteiger partial charge on any atom is -0.398 e. The van der Waals surface area contributed by atoms with Crippen LogP contribution >= 0.6 is 0 Å². The largest absolute Gasteiger partial charge is 0.398 e. The summed E-state index contributed by atoms with van der Waals surface area (Å²) in [4.78, 5) is 8.82. The van der Waals surface area contributed by atoms with Crippen molar-refractivity contribution in [2.24, 2.45) is 0 Å². The summed E-state index contributed by atoms with van der Waals surface area (Å²) < 4.78 is 1.76. The van der Waals surface area contributed by atoms with Gasteiger partial charge in [-0.05, 0) is 19.4 Å². The van der Waals surface area contributed by atoms with E-state index < -0.39 is 0 Å². The van der Waals surface area contributed by atoms with Crippen LogP contribution in [0.4, 0.5) is 5.69 Å². The Hall–Kier alpha value is -2.69. The molecule has 21 heavy (non-hydrogen) atoms. The van der Waals surface area contributed by atoms with Gasteiger partial charge >= 0.3 is 0 Å². The molecule has 0 radical (unpaired) electrons. The molecule has 5 nitrogen and oxygen atoms in total. The van der Waals surface area contributed by atoms with Crippen LogP contribution in [0.15, 0.2) is 42.7 Å². The first kappa shape index (κ1) is 13.3. The quantitative estimate of drug-likeness (QED) is 0.748. The lowest BCUT2D eigenvalue weighted by Gasteiger charge is -2.04. The van der Waals surface area contributed by atoms with Crippen molar-refractivity contribution in [1.82, 2.24) is 19.7 Å². The van der Waals surface area contributed by atoms with Gasteiger partial charge in [0.05, 0.1) is 6.20 Å². The predicted octanol–water partition coefficient (Wildman–Crippen LogP) is 2.78. The van der Waals surface area contributed by atoms with Crippen molar-refractivity contribution >= 4 is 5.69 Å². The molecule has 0 fully saturated rings. The van der Waals surface area contributed by atoms with Crippen LogP contribution in [0.3, 0.4) is 0 Å². The van der Waals surface area contributed by atoms with Crippen molar-refractivity contribution in [1.29, 1.82) is 0 Å². The fraction of sp³-hybridized carbons (Fsp3) is 0.188. The Balaban J connectivity index is 2.03. The number of anilines is 1. The van der Waals surface area contributed by atoms with Crippen LogP contribution in [0, 0.1) is 6.92 Å². The lowest BCUT2D eigenvalue weighted by molar-refractivity contribution is 0.814. The molecule has 5 heteroatoms. The summed E-state index contributed by atoms with van der Waals surface area (Å²) in [6.07, 6.45) is 4.61. The zero-order valence-corrected chi connectivity index (χ0v) is 12.1. The third kappa shape index (κ3) is 2.63. The minimum atomic E-state index is 0.741. The smallest absolute Gasteiger partial charge is 0.157 e. The second kappa shape index (κ2) is 5.36. The summed E-state index contributed by atoms with van der Waals surface area (Å²) in [5.74, 6) is 1.53. The number of aromatic nitrogens is 4. The molecular weight excluding hydrogens is 262 g/mol. The third-order valence-corrected chi connectivity index (χ3v) is 3.33. The maximum Gasteiger partial charge on any atom is 0.157 e. The van der Waals surface area contributed by atoms with Crippen molar-refractivity contribution in [3.05, 3.63) is 54.2 Å². The first-order valence-corrected chi connectivity index (χ1v) is 6.92. The van der Waals surface area contributed by atoms with Gasteiger partial charge in [-0.2, -0.15) is 5.10 Å². The number of nitrogens with zero attached hydrogens (tertiary/aromatic N) is 4. The van der Waals surface area contributed by atoms with Crippen LogP contribution in [0.2, 0.25) is 0 Å². The Morgan fingerprint density at radius 2 is 2.00 bits per heavy atom. The lowest BCUT2D eigenvalue weighted by Crippen LogP contribution is -2.03. The van der Waals surface area contributed by atoms with Crippen molar-refractivity contribution in [3.63, 3.8) is 0 Å². The van der Waals surface area contributed by atoms with Crippen LogP contribution in [0.5, 0.6) is 0 Å². The topological polar surface area (TPSA) is 69.6 Å². The molecule has 0 amide bonds. The highest BCUT2D eigenvalue weighted by atomic mass is 15.3. The van der Waals surface area contributed by atoms with Crippen LogP contribution in [-0.2, 0) is 6.42 Å². The number of para-hydroxylation sites is 1. The number of benzene rings is 1. The average Bonchev–Trinajstić information content (AvgIpc) is 2.96. The first-order valence-electron chi connectivity index (χ1n) is 6.92. The van der Waals surface area contributed by atoms with E-state index >= 15 is 0 Å². The van der Waals surface area contributed by atoms with E-state index in [2.05, 4.69) is 22.0 Å². The van der Waals surface area contributed by atoms with Gasteiger partial charge in [0.15, 0.2) is 5.82 Å². The Labute approximate surface area is 123 Å². The molecule has 1 aromatic carbocycles. The van der Waals surface area contributed by atoms with E-state index in [1.54, 1.807) is 10.9 Å². The zero-order chi connectivity index (χ0) is 14.8. The monoisotopic (exact) mass is 279 g/mol. The predicted molar refractivity (Wildman–Crippen MR) is 83.1 cm³/mol. The maximum absolute atomic E-state index is 6.01. The van der Waals surface area contributed by atoms with Gasteiger partial charge in [-0.25, -0.2) is 14.6 Å². The second-order valence-corrected chi connectivity index (χ2v) is 4.88. The molecule has 2 N–H and O–H groups in total. The summed E-state index contributed by atoms with van der Waals surface area (Å²) in [7, 11) is 0. The molecule has 0 spiro atoms. The van der Waals surface area contributed by atoms with Crippen molar-refractivity contribution in [2.45, 2.75) is 20.3 Å². The van der Waals surface area contributed by atoms with Crippen LogP contribution < -0.4 is 5.73 Å². The number of nitrogen functional groups attached to an aromatic ring is 1. The molecule has 0 aliphatic carbocycles. The normalized spacial score (nSPS) is 10.8. The van der Waals surface area contributed by atoms with Crippen molar-refractivity contribution in [2.75, 3.05) is 5.73 Å². The van der Waals surface area contributed by atoms with Gasteiger partial charge in [0.2, 0.25) is 0 Å². The molecule has 3 rings (SSSR count). The van der Waals surface area contributed by atoms with Gasteiger partial charge in [-0.1, -0.05) is 25.1 Å². The first-order chi connectivity index (χ1) is 10.2. The van der Waals surface area contributed by atoms with Crippen molar-refractivity contribution in [3.8, 4) is 16.9 Å². The van der Waals surface area contributed by atoms with Gasteiger partial charge in [-0.15, -0.1) is 0 Å².